The summed E-state index contributed by atoms with van der Waals surface area (Å²) in [5.74, 6) is -0.939. The molecule has 3 amide bonds. The number of nitrogen functional groups attached to an aromatic ring is 1. The van der Waals surface area contributed by atoms with Gasteiger partial charge in [0, 0.05) is 19.3 Å². The number of carbonyl (C=O) groups excluding carboxylic acids is 3. The maximum absolute atomic E-state index is 11.9. The molecule has 1 saturated heterocycles. The summed E-state index contributed by atoms with van der Waals surface area (Å²) in [5.41, 5.74) is 5.76. The maximum Gasteiger partial charge on any atom is 0.343 e. The molecule has 22 heavy (non-hydrogen) atoms. The molecule has 9 nitrogen and oxygen atoms in total. The first-order chi connectivity index (χ1) is 10.5. The highest BCUT2D eigenvalue weighted by molar-refractivity contribution is 7.99. The van der Waals surface area contributed by atoms with E-state index in [9.17, 15) is 14.4 Å². The van der Waals surface area contributed by atoms with Gasteiger partial charge in [0.25, 0.3) is 0 Å². The Labute approximate surface area is 130 Å². The van der Waals surface area contributed by atoms with Crippen molar-refractivity contribution >= 4 is 35.5 Å². The van der Waals surface area contributed by atoms with E-state index in [0.717, 1.165) is 16.7 Å². The first-order valence-corrected chi connectivity index (χ1v) is 7.52. The number of rotatable bonds is 5. The molecule has 1 fully saturated rings. The lowest BCUT2D eigenvalue weighted by Gasteiger charge is -2.11. The van der Waals surface area contributed by atoms with Crippen molar-refractivity contribution in [2.75, 3.05) is 31.2 Å². The summed E-state index contributed by atoms with van der Waals surface area (Å²) < 4.78 is 4.82. The number of nitrogens with two attached hydrogens (primary N) is 1. The van der Waals surface area contributed by atoms with Crippen molar-refractivity contribution in [3.8, 4) is 0 Å². The summed E-state index contributed by atoms with van der Waals surface area (Å²) >= 11 is 1.04. The zero-order valence-electron chi connectivity index (χ0n) is 11.9. The standard InChI is InChI=1S/C12H15N5O4S/c1-2-21-10(19)7-5-15-11(16-9(7)13)22-6-8(18)17-4-3-14-12(17)20/h5H,2-4,6H2,1H3,(H,14,20)(H2,13,15,16). The average molecular weight is 325 g/mol. The van der Waals surface area contributed by atoms with E-state index in [0.29, 0.717) is 13.1 Å². The molecule has 2 rings (SSSR count). The number of thioether (sulfide) groups is 1. The number of anilines is 1. The van der Waals surface area contributed by atoms with Gasteiger partial charge < -0.3 is 15.8 Å². The minimum atomic E-state index is -0.596. The van der Waals surface area contributed by atoms with E-state index in [1.807, 2.05) is 0 Å². The number of hydrogen-bond acceptors (Lipinski definition) is 8. The molecular weight excluding hydrogens is 310 g/mol. The normalized spacial score (nSPS) is 13.9. The van der Waals surface area contributed by atoms with E-state index in [1.54, 1.807) is 6.92 Å². The molecule has 3 N–H and O–H groups in total. The highest BCUT2D eigenvalue weighted by Crippen LogP contribution is 2.18. The van der Waals surface area contributed by atoms with Crippen molar-refractivity contribution in [2.24, 2.45) is 0 Å². The van der Waals surface area contributed by atoms with E-state index >= 15 is 0 Å². The van der Waals surface area contributed by atoms with Crippen molar-refractivity contribution in [3.63, 3.8) is 0 Å². The van der Waals surface area contributed by atoms with Crippen LogP contribution in [0.15, 0.2) is 11.4 Å². The molecule has 0 spiro atoms. The third-order valence-corrected chi connectivity index (χ3v) is 3.62. The molecule has 1 aromatic heterocycles. The van der Waals surface area contributed by atoms with Gasteiger partial charge in [0.1, 0.15) is 11.4 Å². The lowest BCUT2D eigenvalue weighted by Crippen LogP contribution is -2.35. The van der Waals surface area contributed by atoms with Crippen LogP contribution in [0.4, 0.5) is 10.6 Å². The number of aromatic nitrogens is 2. The number of carbonyl (C=O) groups is 3. The van der Waals surface area contributed by atoms with Gasteiger partial charge in [-0.2, -0.15) is 0 Å². The average Bonchev–Trinajstić information content (AvgIpc) is 2.91. The SMILES string of the molecule is CCOC(=O)c1cnc(SCC(=O)N2CCNC2=O)nc1N. The second-order valence-corrected chi connectivity index (χ2v) is 5.18. The Morgan fingerprint density at radius 2 is 2.32 bits per heavy atom. The number of nitrogens with one attached hydrogen (secondary N) is 1. The Hall–Kier alpha value is -2.36. The molecule has 0 atom stereocenters. The van der Waals surface area contributed by atoms with E-state index in [4.69, 9.17) is 10.5 Å². The van der Waals surface area contributed by atoms with Crippen LogP contribution in [0.5, 0.6) is 0 Å². The van der Waals surface area contributed by atoms with Gasteiger partial charge in [0.15, 0.2) is 5.16 Å². The fourth-order valence-corrected chi connectivity index (χ4v) is 2.43. The van der Waals surface area contributed by atoms with Crippen LogP contribution in [0, 0.1) is 0 Å². The molecule has 2 heterocycles. The third kappa shape index (κ3) is 3.64. The van der Waals surface area contributed by atoms with Crippen molar-refractivity contribution in [3.05, 3.63) is 11.8 Å². The molecule has 118 valence electrons. The lowest BCUT2D eigenvalue weighted by molar-refractivity contribution is -0.124. The number of nitrogens with zero attached hydrogens (tertiary/aromatic N) is 3. The van der Waals surface area contributed by atoms with Gasteiger partial charge in [0.05, 0.1) is 12.4 Å². The quantitative estimate of drug-likeness (QED) is 0.436. The molecule has 10 heteroatoms. The van der Waals surface area contributed by atoms with Gasteiger partial charge in [0.2, 0.25) is 5.91 Å². The zero-order valence-corrected chi connectivity index (χ0v) is 12.7. The van der Waals surface area contributed by atoms with Crippen LogP contribution in [-0.4, -0.2) is 58.2 Å². The number of ether oxygens (including phenoxy) is 1. The fraction of sp³-hybridized carbons (Fsp3) is 0.417. The van der Waals surface area contributed by atoms with E-state index in [-0.39, 0.29) is 34.8 Å². The molecule has 0 saturated carbocycles. The number of imide groups is 1. The number of esters is 1. The monoisotopic (exact) mass is 325 g/mol. The van der Waals surface area contributed by atoms with Crippen LogP contribution in [-0.2, 0) is 9.53 Å². The molecule has 0 bridgehead atoms. The van der Waals surface area contributed by atoms with E-state index < -0.39 is 12.0 Å². The summed E-state index contributed by atoms with van der Waals surface area (Å²) in [6, 6.07) is -0.399. The number of hydrogen-bond donors (Lipinski definition) is 2. The smallest absolute Gasteiger partial charge is 0.343 e. The van der Waals surface area contributed by atoms with Crippen LogP contribution in [0.1, 0.15) is 17.3 Å². The Balaban J connectivity index is 1.96. The van der Waals surface area contributed by atoms with E-state index in [2.05, 4.69) is 15.3 Å². The van der Waals surface area contributed by atoms with E-state index in [1.165, 1.54) is 6.20 Å². The van der Waals surface area contributed by atoms with Crippen molar-refractivity contribution < 1.29 is 19.1 Å². The van der Waals surface area contributed by atoms with Gasteiger partial charge in [-0.05, 0) is 6.92 Å². The number of urea groups is 1. The predicted octanol–water partition coefficient (Wildman–Crippen LogP) is -0.121. The van der Waals surface area contributed by atoms with Crippen molar-refractivity contribution in [1.82, 2.24) is 20.2 Å². The lowest BCUT2D eigenvalue weighted by atomic mass is 10.3. The minimum absolute atomic E-state index is 0.00557. The molecule has 1 aliphatic rings. The molecule has 0 radical (unpaired) electrons. The summed E-state index contributed by atoms with van der Waals surface area (Å²) in [4.78, 5) is 43.8. The largest absolute Gasteiger partial charge is 0.462 e. The van der Waals surface area contributed by atoms with Gasteiger partial charge in [-0.15, -0.1) is 0 Å². The predicted molar refractivity (Wildman–Crippen MR) is 78.2 cm³/mol. The maximum atomic E-state index is 11.9. The Morgan fingerprint density at radius 1 is 1.55 bits per heavy atom. The molecule has 1 aliphatic heterocycles. The highest BCUT2D eigenvalue weighted by atomic mass is 32.2. The third-order valence-electron chi connectivity index (χ3n) is 2.77. The van der Waals surface area contributed by atoms with Crippen LogP contribution < -0.4 is 11.1 Å². The van der Waals surface area contributed by atoms with Crippen molar-refractivity contribution in [2.45, 2.75) is 12.1 Å². The zero-order chi connectivity index (χ0) is 16.1. The van der Waals surface area contributed by atoms with Gasteiger partial charge in [-0.25, -0.2) is 19.6 Å². The molecule has 0 aliphatic carbocycles. The van der Waals surface area contributed by atoms with Gasteiger partial charge >= 0.3 is 12.0 Å². The van der Waals surface area contributed by atoms with Crippen LogP contribution in [0.3, 0.4) is 0 Å². The minimum Gasteiger partial charge on any atom is -0.462 e. The molecule has 1 aromatic rings. The van der Waals surface area contributed by atoms with Crippen LogP contribution >= 0.6 is 11.8 Å². The van der Waals surface area contributed by atoms with Crippen LogP contribution in [0.2, 0.25) is 0 Å². The summed E-state index contributed by atoms with van der Waals surface area (Å²) in [6.45, 7) is 2.70. The first-order valence-electron chi connectivity index (χ1n) is 6.53. The topological polar surface area (TPSA) is 128 Å². The van der Waals surface area contributed by atoms with Crippen LogP contribution in [0.25, 0.3) is 0 Å². The van der Waals surface area contributed by atoms with Crippen molar-refractivity contribution in [1.29, 1.82) is 0 Å². The number of amides is 3. The second-order valence-electron chi connectivity index (χ2n) is 4.24. The Morgan fingerprint density at radius 3 is 2.91 bits per heavy atom. The summed E-state index contributed by atoms with van der Waals surface area (Å²) in [6.07, 6.45) is 1.26. The van der Waals surface area contributed by atoms with Gasteiger partial charge in [-0.1, -0.05) is 11.8 Å². The summed E-state index contributed by atoms with van der Waals surface area (Å²) in [7, 11) is 0. The Bertz CT molecular complexity index is 609. The van der Waals surface area contributed by atoms with Gasteiger partial charge in [-0.3, -0.25) is 9.69 Å². The first kappa shape index (κ1) is 16.0. The Kier molecular flexibility index (Phi) is 5.15. The second kappa shape index (κ2) is 7.07. The summed E-state index contributed by atoms with van der Waals surface area (Å²) in [5, 5.41) is 2.79. The molecule has 0 unspecified atom stereocenters. The fourth-order valence-electron chi connectivity index (χ4n) is 1.73. The molecular formula is C12H15N5O4S. The molecule has 0 aromatic carbocycles. The highest BCUT2D eigenvalue weighted by Gasteiger charge is 2.26.